The first-order valence-corrected chi connectivity index (χ1v) is 9.93. The van der Waals surface area contributed by atoms with E-state index in [-0.39, 0.29) is 17.7 Å². The molecule has 0 aromatic carbocycles. The van der Waals surface area contributed by atoms with Crippen LogP contribution in [-0.4, -0.2) is 69.7 Å². The second kappa shape index (κ2) is 7.39. The molecule has 7 nitrogen and oxygen atoms in total. The van der Waals surface area contributed by atoms with Crippen molar-refractivity contribution in [3.05, 3.63) is 18.0 Å². The van der Waals surface area contributed by atoms with Gasteiger partial charge in [0, 0.05) is 45.0 Å². The summed E-state index contributed by atoms with van der Waals surface area (Å²) in [6.45, 7) is 3.49. The minimum absolute atomic E-state index is 0.0318. The molecule has 1 aromatic rings. The Morgan fingerprint density at radius 3 is 2.54 bits per heavy atom. The Hall–Kier alpha value is -1.89. The summed E-state index contributed by atoms with van der Waals surface area (Å²) in [6, 6.07) is 2.71. The lowest BCUT2D eigenvalue weighted by Crippen LogP contribution is -2.51. The summed E-state index contributed by atoms with van der Waals surface area (Å²) in [4.78, 5) is 29.3. The van der Waals surface area contributed by atoms with Crippen LogP contribution in [0.5, 0.6) is 0 Å². The Kier molecular flexibility index (Phi) is 4.98. The molecule has 2 saturated heterocycles. The van der Waals surface area contributed by atoms with Gasteiger partial charge in [-0.05, 0) is 51.1 Å². The van der Waals surface area contributed by atoms with E-state index < -0.39 is 0 Å². The van der Waals surface area contributed by atoms with Gasteiger partial charge in [-0.2, -0.15) is 5.10 Å². The highest BCUT2D eigenvalue weighted by Gasteiger charge is 2.34. The normalized spacial score (nSPS) is 25.3. The van der Waals surface area contributed by atoms with E-state index in [2.05, 4.69) is 15.3 Å². The molecule has 0 bridgehead atoms. The highest BCUT2D eigenvalue weighted by molar-refractivity contribution is 5.92. The van der Waals surface area contributed by atoms with Crippen LogP contribution in [0.3, 0.4) is 0 Å². The molecule has 2 amide bonds. The summed E-state index contributed by atoms with van der Waals surface area (Å²) in [5.74, 6) is 0.418. The fourth-order valence-electron chi connectivity index (χ4n) is 4.22. The highest BCUT2D eigenvalue weighted by Crippen LogP contribution is 2.26. The van der Waals surface area contributed by atoms with E-state index in [1.54, 1.807) is 16.9 Å². The number of likely N-dealkylation sites (tertiary alicyclic amines) is 2. The molecule has 1 N–H and O–H groups in total. The fraction of sp³-hybridized carbons (Fsp3) is 0.737. The van der Waals surface area contributed by atoms with Gasteiger partial charge in [-0.25, -0.2) is 0 Å². The van der Waals surface area contributed by atoms with Gasteiger partial charge in [-0.15, -0.1) is 0 Å². The van der Waals surface area contributed by atoms with E-state index in [1.165, 1.54) is 0 Å². The maximum atomic E-state index is 12.5. The number of rotatable bonds is 4. The summed E-state index contributed by atoms with van der Waals surface area (Å²) >= 11 is 0. The number of hydrogen-bond donors (Lipinski definition) is 1. The van der Waals surface area contributed by atoms with Crippen LogP contribution in [0.1, 0.15) is 49.0 Å². The maximum absolute atomic E-state index is 12.5. The first-order chi connectivity index (χ1) is 12.6. The SMILES string of the molecule is Cn1ccc(C(=O)N2CCC(N3CCCC(C(=O)NC4CC4)C3)CC2)n1. The van der Waals surface area contributed by atoms with Crippen LogP contribution in [0.25, 0.3) is 0 Å². The largest absolute Gasteiger partial charge is 0.353 e. The van der Waals surface area contributed by atoms with Crippen molar-refractivity contribution in [3.8, 4) is 0 Å². The number of carbonyl (C=O) groups excluding carboxylic acids is 2. The third kappa shape index (κ3) is 3.92. The molecular formula is C19H29N5O2. The minimum Gasteiger partial charge on any atom is -0.353 e. The van der Waals surface area contributed by atoms with Gasteiger partial charge < -0.3 is 10.2 Å². The topological polar surface area (TPSA) is 70.5 Å². The molecule has 1 aliphatic carbocycles. The van der Waals surface area contributed by atoms with E-state index in [9.17, 15) is 9.59 Å². The monoisotopic (exact) mass is 359 g/mol. The molecule has 2 aliphatic heterocycles. The molecule has 4 rings (SSSR count). The van der Waals surface area contributed by atoms with Crippen LogP contribution in [0.15, 0.2) is 12.3 Å². The first-order valence-electron chi connectivity index (χ1n) is 9.93. The van der Waals surface area contributed by atoms with Gasteiger partial charge in [-0.1, -0.05) is 0 Å². The Labute approximate surface area is 154 Å². The summed E-state index contributed by atoms with van der Waals surface area (Å²) in [6.07, 6.45) is 8.16. The third-order valence-electron chi connectivity index (χ3n) is 5.95. The van der Waals surface area contributed by atoms with Gasteiger partial charge >= 0.3 is 0 Å². The van der Waals surface area contributed by atoms with Crippen LogP contribution in [-0.2, 0) is 11.8 Å². The molecule has 0 radical (unpaired) electrons. The third-order valence-corrected chi connectivity index (χ3v) is 5.95. The minimum atomic E-state index is 0.0318. The van der Waals surface area contributed by atoms with E-state index in [1.807, 2.05) is 11.9 Å². The van der Waals surface area contributed by atoms with Crippen molar-refractivity contribution in [2.75, 3.05) is 26.2 Å². The molecule has 142 valence electrons. The number of carbonyl (C=O) groups is 2. The van der Waals surface area contributed by atoms with Crippen molar-refractivity contribution < 1.29 is 9.59 Å². The van der Waals surface area contributed by atoms with Crippen molar-refractivity contribution >= 4 is 11.8 Å². The fourth-order valence-corrected chi connectivity index (χ4v) is 4.22. The molecule has 1 atom stereocenters. The number of aromatic nitrogens is 2. The summed E-state index contributed by atoms with van der Waals surface area (Å²) in [5, 5.41) is 7.39. The second-order valence-electron chi connectivity index (χ2n) is 8.01. The first kappa shape index (κ1) is 17.5. The number of nitrogens with one attached hydrogen (secondary N) is 1. The molecule has 3 aliphatic rings. The molecule has 1 saturated carbocycles. The summed E-state index contributed by atoms with van der Waals surface area (Å²) in [7, 11) is 1.83. The molecule has 7 heteroatoms. The number of nitrogens with zero attached hydrogens (tertiary/aromatic N) is 4. The lowest BCUT2D eigenvalue weighted by atomic mass is 9.93. The molecule has 1 unspecified atom stereocenters. The molecule has 0 spiro atoms. The van der Waals surface area contributed by atoms with Gasteiger partial charge in [0.1, 0.15) is 5.69 Å². The summed E-state index contributed by atoms with van der Waals surface area (Å²) in [5.41, 5.74) is 0.528. The zero-order chi connectivity index (χ0) is 18.1. The predicted octanol–water partition coefficient (Wildman–Crippen LogP) is 1.02. The Morgan fingerprint density at radius 1 is 1.12 bits per heavy atom. The van der Waals surface area contributed by atoms with Crippen molar-refractivity contribution in [1.82, 2.24) is 24.9 Å². The van der Waals surface area contributed by atoms with Gasteiger partial charge in [-0.3, -0.25) is 19.2 Å². The van der Waals surface area contributed by atoms with Gasteiger partial charge in [0.15, 0.2) is 0 Å². The van der Waals surface area contributed by atoms with Gasteiger partial charge in [0.2, 0.25) is 5.91 Å². The van der Waals surface area contributed by atoms with Crippen molar-refractivity contribution in [1.29, 1.82) is 0 Å². The van der Waals surface area contributed by atoms with Gasteiger partial charge in [0.25, 0.3) is 5.91 Å². The van der Waals surface area contributed by atoms with Crippen LogP contribution in [0.4, 0.5) is 0 Å². The molecule has 3 heterocycles. The number of aryl methyl sites for hydroxylation is 1. The molecule has 3 fully saturated rings. The number of hydrogen-bond acceptors (Lipinski definition) is 4. The van der Waals surface area contributed by atoms with Crippen molar-refractivity contribution in [3.63, 3.8) is 0 Å². The average Bonchev–Trinajstić information content (AvgIpc) is 3.38. The Morgan fingerprint density at radius 2 is 1.88 bits per heavy atom. The number of piperidine rings is 2. The van der Waals surface area contributed by atoms with E-state index in [0.29, 0.717) is 17.8 Å². The smallest absolute Gasteiger partial charge is 0.274 e. The molecule has 1 aromatic heterocycles. The van der Waals surface area contributed by atoms with E-state index in [4.69, 9.17) is 0 Å². The standard InChI is InChI=1S/C19H29N5O2/c1-22-10-8-17(21-22)19(26)23-11-6-16(7-12-23)24-9-2-3-14(13-24)18(25)20-15-4-5-15/h8,10,14-16H,2-7,9,11-13H2,1H3,(H,20,25). The van der Waals surface area contributed by atoms with E-state index in [0.717, 1.165) is 64.7 Å². The zero-order valence-corrected chi connectivity index (χ0v) is 15.6. The number of amides is 2. The van der Waals surface area contributed by atoms with Crippen LogP contribution >= 0.6 is 0 Å². The van der Waals surface area contributed by atoms with Crippen molar-refractivity contribution in [2.45, 2.75) is 50.6 Å². The van der Waals surface area contributed by atoms with Crippen molar-refractivity contribution in [2.24, 2.45) is 13.0 Å². The maximum Gasteiger partial charge on any atom is 0.274 e. The second-order valence-corrected chi connectivity index (χ2v) is 8.01. The zero-order valence-electron chi connectivity index (χ0n) is 15.6. The lowest BCUT2D eigenvalue weighted by molar-refractivity contribution is -0.127. The van der Waals surface area contributed by atoms with Crippen LogP contribution < -0.4 is 5.32 Å². The van der Waals surface area contributed by atoms with Crippen LogP contribution in [0, 0.1) is 5.92 Å². The van der Waals surface area contributed by atoms with Crippen LogP contribution in [0.2, 0.25) is 0 Å². The average molecular weight is 359 g/mol. The van der Waals surface area contributed by atoms with Gasteiger partial charge in [0.05, 0.1) is 5.92 Å². The Bertz CT molecular complexity index is 661. The molecule has 26 heavy (non-hydrogen) atoms. The lowest BCUT2D eigenvalue weighted by Gasteiger charge is -2.41. The quantitative estimate of drug-likeness (QED) is 0.871. The predicted molar refractivity (Wildman–Crippen MR) is 97.6 cm³/mol. The molecular weight excluding hydrogens is 330 g/mol. The highest BCUT2D eigenvalue weighted by atomic mass is 16.2. The van der Waals surface area contributed by atoms with E-state index >= 15 is 0 Å². The Balaban J connectivity index is 1.28. The summed E-state index contributed by atoms with van der Waals surface area (Å²) < 4.78 is 1.67.